The molecule has 1 amide bonds. The molecule has 0 aromatic heterocycles. The molecule has 0 aromatic rings. The summed E-state index contributed by atoms with van der Waals surface area (Å²) in [5.74, 6) is 0.145. The van der Waals surface area contributed by atoms with Crippen LogP contribution in [0.25, 0.3) is 0 Å². The smallest absolute Gasteiger partial charge is 0.217 e. The van der Waals surface area contributed by atoms with E-state index in [0.717, 1.165) is 25.7 Å². The minimum atomic E-state index is -0.457. The summed E-state index contributed by atoms with van der Waals surface area (Å²) in [6, 6.07) is -0.288. The second kappa shape index (κ2) is 7.77. The molecule has 0 bridgehead atoms. The van der Waals surface area contributed by atoms with Gasteiger partial charge in [-0.25, -0.2) is 4.39 Å². The maximum Gasteiger partial charge on any atom is 0.217 e. The van der Waals surface area contributed by atoms with Crippen LogP contribution in [0.2, 0.25) is 0 Å². The van der Waals surface area contributed by atoms with Gasteiger partial charge in [-0.2, -0.15) is 0 Å². The van der Waals surface area contributed by atoms with E-state index in [4.69, 9.17) is 0 Å². The van der Waals surface area contributed by atoms with Crippen LogP contribution >= 0.6 is 0 Å². The Morgan fingerprint density at radius 1 is 1.43 bits per heavy atom. The lowest BCUT2D eigenvalue weighted by Crippen LogP contribution is -2.40. The number of hydrogen-bond donors (Lipinski definition) is 1. The fourth-order valence-electron chi connectivity index (χ4n) is 1.70. The molecule has 2 nitrogen and oxygen atoms in total. The van der Waals surface area contributed by atoms with Gasteiger partial charge in [0.2, 0.25) is 5.91 Å². The van der Waals surface area contributed by atoms with Crippen LogP contribution in [0.15, 0.2) is 0 Å². The van der Waals surface area contributed by atoms with E-state index < -0.39 is 6.67 Å². The van der Waals surface area contributed by atoms with Gasteiger partial charge in [-0.1, -0.05) is 33.1 Å². The highest BCUT2D eigenvalue weighted by Crippen LogP contribution is 2.17. The Balaban J connectivity index is 4.06. The lowest BCUT2D eigenvalue weighted by Gasteiger charge is -2.24. The lowest BCUT2D eigenvalue weighted by atomic mass is 9.92. The second-order valence-electron chi connectivity index (χ2n) is 3.77. The topological polar surface area (TPSA) is 29.1 Å². The van der Waals surface area contributed by atoms with E-state index in [1.807, 2.05) is 6.92 Å². The molecule has 0 saturated heterocycles. The van der Waals surface area contributed by atoms with Gasteiger partial charge in [0.25, 0.3) is 0 Å². The number of unbranched alkanes of at least 4 members (excludes halogenated alkanes) is 1. The number of rotatable bonds is 7. The first kappa shape index (κ1) is 13.4. The summed E-state index contributed by atoms with van der Waals surface area (Å²) in [6.45, 7) is 5.15. The average molecular weight is 203 g/mol. The molecule has 1 N–H and O–H groups in total. The van der Waals surface area contributed by atoms with E-state index >= 15 is 0 Å². The average Bonchev–Trinajstić information content (AvgIpc) is 2.16. The zero-order valence-electron chi connectivity index (χ0n) is 9.48. The molecule has 0 rings (SSSR count). The SMILES string of the molecule is CCCC[C@@H](CC)C(CF)NC(C)=O. The van der Waals surface area contributed by atoms with Gasteiger partial charge in [0.05, 0.1) is 6.04 Å². The molecule has 0 spiro atoms. The van der Waals surface area contributed by atoms with Crippen molar-refractivity contribution in [1.29, 1.82) is 0 Å². The molecule has 0 saturated carbocycles. The number of carbonyl (C=O) groups is 1. The summed E-state index contributed by atoms with van der Waals surface area (Å²) in [4.78, 5) is 10.8. The minimum Gasteiger partial charge on any atom is -0.351 e. The van der Waals surface area contributed by atoms with Crippen LogP contribution in [-0.2, 0) is 4.79 Å². The Kier molecular flexibility index (Phi) is 7.44. The molecule has 0 aliphatic carbocycles. The van der Waals surface area contributed by atoms with Crippen LogP contribution in [0.3, 0.4) is 0 Å². The molecule has 3 heteroatoms. The van der Waals surface area contributed by atoms with Gasteiger partial charge in [0, 0.05) is 6.92 Å². The monoisotopic (exact) mass is 203 g/mol. The number of hydrogen-bond acceptors (Lipinski definition) is 1. The first-order valence-electron chi connectivity index (χ1n) is 5.48. The number of nitrogens with one attached hydrogen (secondary N) is 1. The normalized spacial score (nSPS) is 14.9. The van der Waals surface area contributed by atoms with Crippen molar-refractivity contribution in [3.8, 4) is 0 Å². The minimum absolute atomic E-state index is 0.136. The molecule has 14 heavy (non-hydrogen) atoms. The molecular weight excluding hydrogens is 181 g/mol. The summed E-state index contributed by atoms with van der Waals surface area (Å²) in [6.07, 6.45) is 4.15. The van der Waals surface area contributed by atoms with Crippen molar-refractivity contribution in [2.24, 2.45) is 5.92 Å². The molecule has 0 aromatic carbocycles. The Bertz CT molecular complexity index is 161. The molecule has 0 fully saturated rings. The summed E-state index contributed by atoms with van der Waals surface area (Å²) >= 11 is 0. The number of alkyl halides is 1. The van der Waals surface area contributed by atoms with E-state index in [-0.39, 0.29) is 17.9 Å². The standard InChI is InChI=1S/C11H22FNO/c1-4-6-7-10(5-2)11(8-12)13-9(3)14/h10-11H,4-8H2,1-3H3,(H,13,14)/t10-,11?/m1/s1. The Hall–Kier alpha value is -0.600. The molecular formula is C11H22FNO. The highest BCUT2D eigenvalue weighted by atomic mass is 19.1. The van der Waals surface area contributed by atoms with Crippen LogP contribution < -0.4 is 5.32 Å². The zero-order valence-corrected chi connectivity index (χ0v) is 9.48. The maximum atomic E-state index is 12.7. The van der Waals surface area contributed by atoms with Crippen LogP contribution in [0.5, 0.6) is 0 Å². The molecule has 0 aliphatic rings. The highest BCUT2D eigenvalue weighted by molar-refractivity contribution is 5.73. The molecule has 2 atom stereocenters. The van der Waals surface area contributed by atoms with Gasteiger partial charge in [-0.3, -0.25) is 4.79 Å². The largest absolute Gasteiger partial charge is 0.351 e. The van der Waals surface area contributed by atoms with Crippen molar-refractivity contribution in [3.63, 3.8) is 0 Å². The summed E-state index contributed by atoms with van der Waals surface area (Å²) in [7, 11) is 0. The van der Waals surface area contributed by atoms with E-state index in [2.05, 4.69) is 12.2 Å². The third-order valence-corrected chi connectivity index (χ3v) is 2.58. The van der Waals surface area contributed by atoms with Gasteiger partial charge in [0.1, 0.15) is 6.67 Å². The zero-order chi connectivity index (χ0) is 11.0. The van der Waals surface area contributed by atoms with Gasteiger partial charge in [-0.15, -0.1) is 0 Å². The van der Waals surface area contributed by atoms with Crippen LogP contribution in [-0.4, -0.2) is 18.6 Å². The first-order chi connectivity index (χ1) is 6.65. The fraction of sp³-hybridized carbons (Fsp3) is 0.909. The Morgan fingerprint density at radius 2 is 2.07 bits per heavy atom. The predicted octanol–water partition coefficient (Wildman–Crippen LogP) is 2.68. The summed E-state index contributed by atoms with van der Waals surface area (Å²) < 4.78 is 12.7. The van der Waals surface area contributed by atoms with E-state index in [9.17, 15) is 9.18 Å². The van der Waals surface area contributed by atoms with Crippen LogP contribution in [0.1, 0.15) is 46.5 Å². The second-order valence-corrected chi connectivity index (χ2v) is 3.77. The molecule has 84 valence electrons. The summed E-state index contributed by atoms with van der Waals surface area (Å²) in [5, 5.41) is 2.68. The van der Waals surface area contributed by atoms with Crippen molar-refractivity contribution < 1.29 is 9.18 Å². The molecule has 0 heterocycles. The van der Waals surface area contributed by atoms with Gasteiger partial charge in [-0.05, 0) is 12.3 Å². The van der Waals surface area contributed by atoms with Gasteiger partial charge < -0.3 is 5.32 Å². The van der Waals surface area contributed by atoms with Crippen LogP contribution in [0, 0.1) is 5.92 Å². The fourth-order valence-corrected chi connectivity index (χ4v) is 1.70. The third kappa shape index (κ3) is 5.20. The molecule has 0 aliphatic heterocycles. The number of amides is 1. The molecule has 1 unspecified atom stereocenters. The van der Waals surface area contributed by atoms with Crippen molar-refractivity contribution in [2.45, 2.75) is 52.5 Å². The highest BCUT2D eigenvalue weighted by Gasteiger charge is 2.19. The Labute approximate surface area is 86.3 Å². The number of halogens is 1. The predicted molar refractivity (Wildman–Crippen MR) is 56.9 cm³/mol. The maximum absolute atomic E-state index is 12.7. The lowest BCUT2D eigenvalue weighted by molar-refractivity contribution is -0.120. The first-order valence-corrected chi connectivity index (χ1v) is 5.48. The van der Waals surface area contributed by atoms with Crippen LogP contribution in [0.4, 0.5) is 4.39 Å². The third-order valence-electron chi connectivity index (χ3n) is 2.58. The van der Waals surface area contributed by atoms with Crippen molar-refractivity contribution in [3.05, 3.63) is 0 Å². The molecule has 0 radical (unpaired) electrons. The summed E-state index contributed by atoms with van der Waals surface area (Å²) in [5.41, 5.74) is 0. The Morgan fingerprint density at radius 3 is 2.43 bits per heavy atom. The van der Waals surface area contributed by atoms with E-state index in [1.165, 1.54) is 6.92 Å². The van der Waals surface area contributed by atoms with Crippen molar-refractivity contribution in [1.82, 2.24) is 5.32 Å². The van der Waals surface area contributed by atoms with Crippen molar-refractivity contribution in [2.75, 3.05) is 6.67 Å². The quantitative estimate of drug-likeness (QED) is 0.677. The van der Waals surface area contributed by atoms with Gasteiger partial charge in [0.15, 0.2) is 0 Å². The number of carbonyl (C=O) groups excluding carboxylic acids is 1. The van der Waals surface area contributed by atoms with Crippen molar-refractivity contribution >= 4 is 5.91 Å². The van der Waals surface area contributed by atoms with E-state index in [1.54, 1.807) is 0 Å². The van der Waals surface area contributed by atoms with E-state index in [0.29, 0.717) is 0 Å². The van der Waals surface area contributed by atoms with Gasteiger partial charge >= 0.3 is 0 Å².